The van der Waals surface area contributed by atoms with E-state index in [0.717, 1.165) is 28.2 Å². The fraction of sp³-hybridized carbons (Fsp3) is 0.353. The average Bonchev–Trinajstić information content (AvgIpc) is 3.12. The Labute approximate surface area is 153 Å². The number of nitrogens with zero attached hydrogens (tertiary/aromatic N) is 1. The van der Waals surface area contributed by atoms with Crippen molar-refractivity contribution in [1.82, 2.24) is 0 Å². The molecule has 132 valence electrons. The second-order valence-electron chi connectivity index (χ2n) is 5.13. The summed E-state index contributed by atoms with van der Waals surface area (Å²) in [4.78, 5) is 26.1. The third-order valence-electron chi connectivity index (χ3n) is 3.50. The molecule has 25 heavy (non-hydrogen) atoms. The lowest BCUT2D eigenvalue weighted by Gasteiger charge is -2.05. The molecule has 0 aliphatic heterocycles. The molecule has 0 aliphatic carbocycles. The minimum absolute atomic E-state index is 0.150. The third-order valence-corrected chi connectivity index (χ3v) is 5.90. The minimum atomic E-state index is -0.577. The van der Waals surface area contributed by atoms with Crippen LogP contribution < -0.4 is 5.73 Å². The lowest BCUT2D eigenvalue weighted by atomic mass is 10.1. The predicted octanol–water partition coefficient (Wildman–Crippen LogP) is 3.67. The SMILES string of the molecule is CCOC(=O)c1sc(N)c(C#N)c1COC(=O)c1cc(C)c(CC)s1. The fourth-order valence-electron chi connectivity index (χ4n) is 2.29. The molecule has 6 nitrogen and oxygen atoms in total. The molecule has 0 fully saturated rings. The van der Waals surface area contributed by atoms with Crippen molar-refractivity contribution >= 4 is 39.6 Å². The molecule has 0 bridgehead atoms. The lowest BCUT2D eigenvalue weighted by molar-refractivity contribution is 0.0457. The molecular formula is C17H18N2O4S2. The van der Waals surface area contributed by atoms with Crippen LogP contribution in [0, 0.1) is 18.3 Å². The van der Waals surface area contributed by atoms with E-state index in [0.29, 0.717) is 10.4 Å². The zero-order chi connectivity index (χ0) is 18.6. The Balaban J connectivity index is 2.23. The Bertz CT molecular complexity index is 846. The molecule has 0 aliphatic rings. The molecule has 0 spiro atoms. The molecule has 0 saturated heterocycles. The van der Waals surface area contributed by atoms with Crippen LogP contribution in [-0.2, 0) is 22.5 Å². The van der Waals surface area contributed by atoms with Crippen LogP contribution in [0.2, 0.25) is 0 Å². The Hall–Kier alpha value is -2.37. The van der Waals surface area contributed by atoms with E-state index in [2.05, 4.69) is 0 Å². The number of nitriles is 1. The maximum atomic E-state index is 12.3. The van der Waals surface area contributed by atoms with Crippen molar-refractivity contribution in [2.45, 2.75) is 33.8 Å². The highest BCUT2D eigenvalue weighted by Crippen LogP contribution is 2.32. The molecule has 2 N–H and O–H groups in total. The van der Waals surface area contributed by atoms with Crippen molar-refractivity contribution in [3.63, 3.8) is 0 Å². The summed E-state index contributed by atoms with van der Waals surface area (Å²) in [6.45, 7) is 5.64. The van der Waals surface area contributed by atoms with E-state index in [4.69, 9.17) is 15.2 Å². The van der Waals surface area contributed by atoms with Crippen molar-refractivity contribution in [1.29, 1.82) is 5.26 Å². The van der Waals surface area contributed by atoms with Crippen molar-refractivity contribution in [3.8, 4) is 6.07 Å². The van der Waals surface area contributed by atoms with E-state index in [9.17, 15) is 14.9 Å². The second-order valence-corrected chi connectivity index (χ2v) is 7.32. The Morgan fingerprint density at radius 3 is 2.52 bits per heavy atom. The largest absolute Gasteiger partial charge is 0.462 e. The monoisotopic (exact) mass is 378 g/mol. The van der Waals surface area contributed by atoms with Crippen LogP contribution in [0.15, 0.2) is 6.07 Å². The number of rotatable bonds is 6. The highest BCUT2D eigenvalue weighted by Gasteiger charge is 2.24. The van der Waals surface area contributed by atoms with Crippen LogP contribution in [0.5, 0.6) is 0 Å². The average molecular weight is 378 g/mol. The number of thiophene rings is 2. The van der Waals surface area contributed by atoms with Crippen molar-refractivity contribution in [2.75, 3.05) is 12.3 Å². The van der Waals surface area contributed by atoms with Gasteiger partial charge in [0.2, 0.25) is 0 Å². The van der Waals surface area contributed by atoms with Gasteiger partial charge >= 0.3 is 11.9 Å². The molecule has 2 rings (SSSR count). The van der Waals surface area contributed by atoms with E-state index < -0.39 is 11.9 Å². The second kappa shape index (κ2) is 8.14. The smallest absolute Gasteiger partial charge is 0.348 e. The maximum absolute atomic E-state index is 12.3. The van der Waals surface area contributed by atoms with E-state index in [1.807, 2.05) is 19.9 Å². The summed E-state index contributed by atoms with van der Waals surface area (Å²) in [5.74, 6) is -1.07. The standard InChI is InChI=1S/C17H18N2O4S2/c1-4-12-9(3)6-13(24-12)16(20)23-8-11-10(7-18)15(19)25-14(11)17(21)22-5-2/h6H,4-5,8,19H2,1-3H3. The van der Waals surface area contributed by atoms with E-state index in [1.54, 1.807) is 13.0 Å². The van der Waals surface area contributed by atoms with Gasteiger partial charge in [0.25, 0.3) is 0 Å². The van der Waals surface area contributed by atoms with Gasteiger partial charge in [-0.25, -0.2) is 9.59 Å². The molecule has 8 heteroatoms. The molecule has 0 radical (unpaired) electrons. The molecule has 0 saturated carbocycles. The third kappa shape index (κ3) is 4.00. The molecule has 2 heterocycles. The zero-order valence-corrected chi connectivity index (χ0v) is 15.8. The summed E-state index contributed by atoms with van der Waals surface area (Å²) in [5, 5.41) is 9.47. The Kier molecular flexibility index (Phi) is 6.17. The fourth-order valence-corrected chi connectivity index (χ4v) is 4.21. The van der Waals surface area contributed by atoms with Crippen LogP contribution in [-0.4, -0.2) is 18.5 Å². The number of hydrogen-bond acceptors (Lipinski definition) is 8. The van der Waals surface area contributed by atoms with Gasteiger partial charge in [-0.3, -0.25) is 0 Å². The molecule has 0 aromatic carbocycles. The minimum Gasteiger partial charge on any atom is -0.462 e. The first-order valence-corrected chi connectivity index (χ1v) is 9.30. The first-order chi connectivity index (χ1) is 11.9. The summed E-state index contributed by atoms with van der Waals surface area (Å²) in [6.07, 6.45) is 0.844. The van der Waals surface area contributed by atoms with Gasteiger partial charge in [-0.05, 0) is 31.9 Å². The quantitative estimate of drug-likeness (QED) is 0.770. The number of aryl methyl sites for hydroxylation is 2. The number of anilines is 1. The summed E-state index contributed by atoms with van der Waals surface area (Å²) >= 11 is 2.35. The number of esters is 2. The number of hydrogen-bond donors (Lipinski definition) is 1. The first-order valence-electron chi connectivity index (χ1n) is 7.67. The number of ether oxygens (including phenoxy) is 2. The molecular weight excluding hydrogens is 360 g/mol. The van der Waals surface area contributed by atoms with E-state index >= 15 is 0 Å². The van der Waals surface area contributed by atoms with Crippen LogP contribution >= 0.6 is 22.7 Å². The topological polar surface area (TPSA) is 102 Å². The van der Waals surface area contributed by atoms with Crippen LogP contribution in [0.25, 0.3) is 0 Å². The predicted molar refractivity (Wildman–Crippen MR) is 97.0 cm³/mol. The van der Waals surface area contributed by atoms with Crippen molar-refractivity contribution < 1.29 is 19.1 Å². The van der Waals surface area contributed by atoms with Gasteiger partial charge in [0, 0.05) is 10.4 Å². The van der Waals surface area contributed by atoms with Gasteiger partial charge in [0.1, 0.15) is 27.4 Å². The number of carbonyl (C=O) groups excluding carboxylic acids is 2. The van der Waals surface area contributed by atoms with E-state index in [1.165, 1.54) is 11.3 Å². The Morgan fingerprint density at radius 1 is 1.24 bits per heavy atom. The van der Waals surface area contributed by atoms with Gasteiger partial charge in [0.15, 0.2) is 0 Å². The maximum Gasteiger partial charge on any atom is 0.348 e. The van der Waals surface area contributed by atoms with Gasteiger partial charge in [-0.15, -0.1) is 22.7 Å². The van der Waals surface area contributed by atoms with Crippen LogP contribution in [0.1, 0.15) is 54.8 Å². The lowest BCUT2D eigenvalue weighted by Crippen LogP contribution is -2.09. The van der Waals surface area contributed by atoms with Crippen LogP contribution in [0.4, 0.5) is 5.00 Å². The van der Waals surface area contributed by atoms with Crippen molar-refractivity contribution in [2.24, 2.45) is 0 Å². The summed E-state index contributed by atoms with van der Waals surface area (Å²) in [5.41, 5.74) is 7.28. The molecule has 0 unspecified atom stereocenters. The van der Waals surface area contributed by atoms with Gasteiger partial charge in [0.05, 0.1) is 12.2 Å². The first kappa shape index (κ1) is 19.0. The summed E-state index contributed by atoms with van der Waals surface area (Å²) in [7, 11) is 0. The molecule has 0 amide bonds. The van der Waals surface area contributed by atoms with Crippen LogP contribution in [0.3, 0.4) is 0 Å². The van der Waals surface area contributed by atoms with Gasteiger partial charge in [-0.2, -0.15) is 5.26 Å². The molecule has 0 atom stereocenters. The van der Waals surface area contributed by atoms with Gasteiger partial charge in [-0.1, -0.05) is 6.92 Å². The molecule has 2 aromatic heterocycles. The van der Waals surface area contributed by atoms with E-state index in [-0.39, 0.29) is 28.7 Å². The highest BCUT2D eigenvalue weighted by molar-refractivity contribution is 7.18. The normalized spacial score (nSPS) is 10.3. The number of nitrogen functional groups attached to an aromatic ring is 1. The number of carbonyl (C=O) groups is 2. The highest BCUT2D eigenvalue weighted by atomic mass is 32.1. The van der Waals surface area contributed by atoms with Gasteiger partial charge < -0.3 is 15.2 Å². The van der Waals surface area contributed by atoms with Crippen molar-refractivity contribution in [3.05, 3.63) is 37.4 Å². The summed E-state index contributed by atoms with van der Waals surface area (Å²) in [6, 6.07) is 3.74. The number of nitrogens with two attached hydrogens (primary N) is 1. The zero-order valence-electron chi connectivity index (χ0n) is 14.2. The molecule has 2 aromatic rings. The summed E-state index contributed by atoms with van der Waals surface area (Å²) < 4.78 is 10.3. The Morgan fingerprint density at radius 2 is 1.96 bits per heavy atom.